The highest BCUT2D eigenvalue weighted by Crippen LogP contribution is 2.27. The van der Waals surface area contributed by atoms with Crippen molar-refractivity contribution in [3.05, 3.63) is 33.8 Å². The van der Waals surface area contributed by atoms with E-state index in [1.54, 1.807) is 6.92 Å². The average molecular weight is 537 g/mol. The number of H-pyrrole nitrogens is 1. The fourth-order valence-corrected chi connectivity index (χ4v) is 4.17. The van der Waals surface area contributed by atoms with Gasteiger partial charge in [0, 0.05) is 0 Å². The number of hydrogen-bond donors (Lipinski definition) is 4. The molecule has 0 spiro atoms. The van der Waals surface area contributed by atoms with E-state index < -0.39 is 39.1 Å². The van der Waals surface area contributed by atoms with E-state index in [0.717, 1.165) is 12.1 Å². The number of anilines is 3. The summed E-state index contributed by atoms with van der Waals surface area (Å²) in [4.78, 5) is 20.2. The molecule has 1 aromatic carbocycles. The van der Waals surface area contributed by atoms with Crippen molar-refractivity contribution in [2.75, 3.05) is 21.1 Å². The van der Waals surface area contributed by atoms with Gasteiger partial charge >= 0.3 is 6.03 Å². The van der Waals surface area contributed by atoms with Crippen molar-refractivity contribution in [1.82, 2.24) is 20.2 Å². The zero-order valence-electron chi connectivity index (χ0n) is 14.8. The smallest absolute Gasteiger partial charge is 0.302 e. The van der Waals surface area contributed by atoms with Gasteiger partial charge in [0.2, 0.25) is 10.0 Å². The van der Waals surface area contributed by atoms with Gasteiger partial charge in [-0.25, -0.2) is 32.0 Å². The third-order valence-electron chi connectivity index (χ3n) is 3.61. The molecule has 0 bridgehead atoms. The van der Waals surface area contributed by atoms with Crippen molar-refractivity contribution < 1.29 is 22.0 Å². The first kappa shape index (κ1) is 21.1. The van der Waals surface area contributed by atoms with Crippen molar-refractivity contribution >= 4 is 66.9 Å². The average Bonchev–Trinajstić information content (AvgIpc) is 3.03. The fraction of sp³-hybridized carbons (Fsp3) is 0.200. The molecule has 3 rings (SSSR count). The number of nitrogens with zero attached hydrogens (tertiary/aromatic N) is 3. The summed E-state index contributed by atoms with van der Waals surface area (Å²) in [5.41, 5.74) is -0.931. The first-order valence-electron chi connectivity index (χ1n) is 8.13. The summed E-state index contributed by atoms with van der Waals surface area (Å²) in [6.07, 6.45) is 1.49. The van der Waals surface area contributed by atoms with Crippen LogP contribution in [-0.2, 0) is 10.0 Å². The van der Waals surface area contributed by atoms with Crippen LogP contribution in [0.4, 0.5) is 30.8 Å². The summed E-state index contributed by atoms with van der Waals surface area (Å²) >= 11 is 1.90. The number of amides is 2. The molecule has 4 N–H and O–H groups in total. The first-order chi connectivity index (χ1) is 13.7. The minimum atomic E-state index is -3.81. The maximum Gasteiger partial charge on any atom is 0.325 e. The molecule has 29 heavy (non-hydrogen) atoms. The van der Waals surface area contributed by atoms with Crippen LogP contribution < -0.4 is 15.4 Å². The Morgan fingerprint density at radius 1 is 1.24 bits per heavy atom. The number of carbonyl (C=O) groups is 1. The van der Waals surface area contributed by atoms with E-state index in [-0.39, 0.29) is 11.6 Å². The molecule has 0 atom stereocenters. The van der Waals surface area contributed by atoms with Gasteiger partial charge in [0.25, 0.3) is 0 Å². The number of aromatic nitrogens is 4. The second-order valence-corrected chi connectivity index (χ2v) is 8.61. The number of nitrogens with one attached hydrogen (secondary N) is 4. The molecule has 154 valence electrons. The lowest BCUT2D eigenvalue weighted by Gasteiger charge is -2.13. The van der Waals surface area contributed by atoms with Crippen LogP contribution in [0.2, 0.25) is 0 Å². The first-order valence-corrected chi connectivity index (χ1v) is 10.9. The molecule has 2 aromatic heterocycles. The fourth-order valence-electron chi connectivity index (χ4n) is 2.40. The summed E-state index contributed by atoms with van der Waals surface area (Å²) in [6, 6.07) is 0.779. The van der Waals surface area contributed by atoms with E-state index in [9.17, 15) is 22.0 Å². The second-order valence-electron chi connectivity index (χ2n) is 5.74. The molecule has 0 aliphatic heterocycles. The van der Waals surface area contributed by atoms with Crippen LogP contribution in [0.3, 0.4) is 0 Å². The van der Waals surface area contributed by atoms with Crippen LogP contribution in [-0.4, -0.2) is 40.4 Å². The van der Waals surface area contributed by atoms with Gasteiger partial charge in [-0.15, -0.1) is 0 Å². The highest BCUT2D eigenvalue weighted by Gasteiger charge is 2.20. The van der Waals surface area contributed by atoms with Gasteiger partial charge in [-0.1, -0.05) is 6.92 Å². The minimum absolute atomic E-state index is 0.0752. The Morgan fingerprint density at radius 2 is 2.00 bits per heavy atom. The molecule has 14 heteroatoms. The molecule has 0 saturated heterocycles. The summed E-state index contributed by atoms with van der Waals surface area (Å²) in [6.45, 7) is 1.64. The highest BCUT2D eigenvalue weighted by molar-refractivity contribution is 14.1. The summed E-state index contributed by atoms with van der Waals surface area (Å²) in [5.74, 6) is -2.50. The number of halogens is 3. The minimum Gasteiger partial charge on any atom is -0.302 e. The Morgan fingerprint density at radius 3 is 2.72 bits per heavy atom. The molecule has 0 unspecified atom stereocenters. The third-order valence-corrected chi connectivity index (χ3v) is 5.87. The van der Waals surface area contributed by atoms with E-state index in [1.165, 1.54) is 6.33 Å². The number of urea groups is 1. The Kier molecular flexibility index (Phi) is 6.11. The van der Waals surface area contributed by atoms with Gasteiger partial charge in [-0.2, -0.15) is 5.10 Å². The number of aromatic amines is 1. The van der Waals surface area contributed by atoms with E-state index in [1.807, 2.05) is 32.6 Å². The van der Waals surface area contributed by atoms with Gasteiger partial charge in [-0.05, 0) is 41.1 Å². The van der Waals surface area contributed by atoms with E-state index >= 15 is 0 Å². The summed E-state index contributed by atoms with van der Waals surface area (Å²) < 4.78 is 54.9. The molecular weight excluding hydrogens is 523 g/mol. The van der Waals surface area contributed by atoms with Crippen LogP contribution in [0.5, 0.6) is 0 Å². The number of hydrogen-bond acceptors (Lipinski definition) is 6. The highest BCUT2D eigenvalue weighted by atomic mass is 127. The topological polar surface area (TPSA) is 142 Å². The van der Waals surface area contributed by atoms with E-state index in [0.29, 0.717) is 21.2 Å². The quantitative estimate of drug-likeness (QED) is 0.357. The SMILES string of the molecule is CCCS(=O)(=O)Nc1ccc(F)c(NC(=O)Nc2ncnc3[nH]nc(I)c23)c1F. The normalized spacial score (nSPS) is 11.4. The van der Waals surface area contributed by atoms with Gasteiger partial charge in [-0.3, -0.25) is 15.1 Å². The standard InChI is InChI=1S/C15H14F2IN7O3S/c1-2-5-29(27,28)25-8-4-3-7(16)11(10(8)17)21-15(26)22-13-9-12(18)23-24-14(9)20-6-19-13/h3-4,6,25H,2,5H2,1H3,(H3,19,20,21,22,23,24,26). The lowest BCUT2D eigenvalue weighted by Crippen LogP contribution is -2.23. The number of carbonyl (C=O) groups excluding carboxylic acids is 1. The zero-order valence-corrected chi connectivity index (χ0v) is 17.7. The van der Waals surface area contributed by atoms with Crippen LogP contribution in [0.15, 0.2) is 18.5 Å². The van der Waals surface area contributed by atoms with Gasteiger partial charge in [0.05, 0.1) is 16.8 Å². The van der Waals surface area contributed by atoms with Crippen LogP contribution in [0.1, 0.15) is 13.3 Å². The molecule has 0 aliphatic rings. The van der Waals surface area contributed by atoms with Crippen molar-refractivity contribution in [1.29, 1.82) is 0 Å². The number of benzene rings is 1. The van der Waals surface area contributed by atoms with Crippen LogP contribution >= 0.6 is 22.6 Å². The Labute approximate surface area is 177 Å². The van der Waals surface area contributed by atoms with Crippen molar-refractivity contribution in [3.63, 3.8) is 0 Å². The molecule has 0 saturated carbocycles. The van der Waals surface area contributed by atoms with Gasteiger partial charge in [0.1, 0.15) is 27.4 Å². The molecule has 10 nitrogen and oxygen atoms in total. The van der Waals surface area contributed by atoms with Crippen LogP contribution in [0, 0.1) is 15.3 Å². The number of sulfonamides is 1. The maximum absolute atomic E-state index is 14.6. The lowest BCUT2D eigenvalue weighted by atomic mass is 10.2. The van der Waals surface area contributed by atoms with Gasteiger partial charge in [0.15, 0.2) is 11.5 Å². The summed E-state index contributed by atoms with van der Waals surface area (Å²) in [7, 11) is -3.81. The molecule has 0 fully saturated rings. The molecule has 2 amide bonds. The van der Waals surface area contributed by atoms with Crippen molar-refractivity contribution in [2.24, 2.45) is 0 Å². The summed E-state index contributed by atoms with van der Waals surface area (Å²) in [5, 5.41) is 11.4. The van der Waals surface area contributed by atoms with Crippen molar-refractivity contribution in [2.45, 2.75) is 13.3 Å². The monoisotopic (exact) mass is 537 g/mol. The molecule has 0 radical (unpaired) electrons. The Hall–Kier alpha value is -2.62. The predicted molar refractivity (Wildman–Crippen MR) is 111 cm³/mol. The lowest BCUT2D eigenvalue weighted by molar-refractivity contribution is 0.262. The Bertz CT molecular complexity index is 1190. The molecule has 3 aromatic rings. The zero-order chi connectivity index (χ0) is 21.2. The van der Waals surface area contributed by atoms with E-state index in [2.05, 4.69) is 25.5 Å². The Balaban J connectivity index is 1.85. The second kappa shape index (κ2) is 8.40. The van der Waals surface area contributed by atoms with Crippen molar-refractivity contribution in [3.8, 4) is 0 Å². The largest absolute Gasteiger partial charge is 0.325 e. The predicted octanol–water partition coefficient (Wildman–Crippen LogP) is 3.03. The number of rotatable bonds is 6. The molecule has 2 heterocycles. The number of fused-ring (bicyclic) bond motifs is 1. The maximum atomic E-state index is 14.6. The third kappa shape index (κ3) is 4.69. The van der Waals surface area contributed by atoms with Crippen LogP contribution in [0.25, 0.3) is 11.0 Å². The van der Waals surface area contributed by atoms with E-state index in [4.69, 9.17) is 0 Å². The molecular formula is C15H14F2IN7O3S. The molecule has 0 aliphatic carbocycles. The van der Waals surface area contributed by atoms with Gasteiger partial charge < -0.3 is 5.32 Å².